The second kappa shape index (κ2) is 6.72. The minimum atomic E-state index is 0.108. The van der Waals surface area contributed by atoms with Crippen molar-refractivity contribution in [1.29, 1.82) is 0 Å². The lowest BCUT2D eigenvalue weighted by Gasteiger charge is -2.41. The van der Waals surface area contributed by atoms with Crippen LogP contribution < -0.4 is 4.90 Å². The van der Waals surface area contributed by atoms with Gasteiger partial charge in [0.05, 0.1) is 0 Å². The topological polar surface area (TPSA) is 49.2 Å². The van der Waals surface area contributed by atoms with E-state index in [2.05, 4.69) is 21.8 Å². The van der Waals surface area contributed by atoms with Gasteiger partial charge in [0.2, 0.25) is 0 Å². The standard InChI is InChI=1S/C15H24ClN3O/c1-3-4-5-15(10-20)6-8-19(9-7-15)14-12(2)13(16)17-11-18-14/h11,20H,3-10H2,1-2H3. The summed E-state index contributed by atoms with van der Waals surface area (Å²) in [5, 5.41) is 10.3. The van der Waals surface area contributed by atoms with E-state index >= 15 is 0 Å². The molecular formula is C15H24ClN3O. The monoisotopic (exact) mass is 297 g/mol. The van der Waals surface area contributed by atoms with Gasteiger partial charge in [0.25, 0.3) is 0 Å². The molecule has 1 aliphatic rings. The van der Waals surface area contributed by atoms with Crippen molar-refractivity contribution in [3.05, 3.63) is 17.0 Å². The molecule has 2 rings (SSSR count). The number of aliphatic hydroxyl groups is 1. The van der Waals surface area contributed by atoms with Crippen LogP contribution in [-0.2, 0) is 0 Å². The van der Waals surface area contributed by atoms with Gasteiger partial charge in [-0.2, -0.15) is 0 Å². The van der Waals surface area contributed by atoms with E-state index in [-0.39, 0.29) is 5.41 Å². The van der Waals surface area contributed by atoms with Gasteiger partial charge in [-0.1, -0.05) is 31.4 Å². The number of hydrogen-bond donors (Lipinski definition) is 1. The molecule has 0 atom stereocenters. The number of hydrogen-bond acceptors (Lipinski definition) is 4. The van der Waals surface area contributed by atoms with E-state index in [0.717, 1.165) is 43.7 Å². The highest BCUT2D eigenvalue weighted by molar-refractivity contribution is 6.30. The zero-order valence-electron chi connectivity index (χ0n) is 12.4. The molecule has 1 aromatic rings. The van der Waals surface area contributed by atoms with Crippen molar-refractivity contribution in [3.63, 3.8) is 0 Å². The Balaban J connectivity index is 2.05. The largest absolute Gasteiger partial charge is 0.396 e. The smallest absolute Gasteiger partial charge is 0.137 e. The Hall–Kier alpha value is -0.870. The first-order valence-corrected chi connectivity index (χ1v) is 7.82. The van der Waals surface area contributed by atoms with Crippen LogP contribution in [-0.4, -0.2) is 34.8 Å². The lowest BCUT2D eigenvalue weighted by molar-refractivity contribution is 0.0845. The second-order valence-corrected chi connectivity index (χ2v) is 6.22. The first-order valence-electron chi connectivity index (χ1n) is 7.45. The van der Waals surface area contributed by atoms with Gasteiger partial charge in [-0.15, -0.1) is 0 Å². The maximum atomic E-state index is 9.76. The summed E-state index contributed by atoms with van der Waals surface area (Å²) in [4.78, 5) is 10.6. The van der Waals surface area contributed by atoms with Crippen molar-refractivity contribution < 1.29 is 5.11 Å². The predicted molar refractivity (Wildman–Crippen MR) is 82.3 cm³/mol. The van der Waals surface area contributed by atoms with E-state index in [1.807, 2.05) is 6.92 Å². The van der Waals surface area contributed by atoms with Crippen LogP contribution in [0.25, 0.3) is 0 Å². The first-order chi connectivity index (χ1) is 9.62. The van der Waals surface area contributed by atoms with E-state index in [0.29, 0.717) is 11.8 Å². The minimum absolute atomic E-state index is 0.108. The number of rotatable bonds is 5. The van der Waals surface area contributed by atoms with Gasteiger partial charge in [0.1, 0.15) is 17.3 Å². The van der Waals surface area contributed by atoms with Gasteiger partial charge >= 0.3 is 0 Å². The number of nitrogens with zero attached hydrogens (tertiary/aromatic N) is 3. The molecule has 1 aliphatic heterocycles. The predicted octanol–water partition coefficient (Wildman–Crippen LogP) is 3.21. The fourth-order valence-electron chi connectivity index (χ4n) is 2.97. The number of halogens is 1. The summed E-state index contributed by atoms with van der Waals surface area (Å²) in [6.45, 7) is 6.32. The van der Waals surface area contributed by atoms with Gasteiger partial charge in [-0.3, -0.25) is 0 Å². The van der Waals surface area contributed by atoms with Crippen LogP contribution in [0.1, 0.15) is 44.6 Å². The fourth-order valence-corrected chi connectivity index (χ4v) is 3.10. The van der Waals surface area contributed by atoms with E-state index in [9.17, 15) is 5.11 Å². The Morgan fingerprint density at radius 1 is 1.35 bits per heavy atom. The first kappa shape index (κ1) is 15.5. The van der Waals surface area contributed by atoms with E-state index in [1.54, 1.807) is 0 Å². The third-order valence-electron chi connectivity index (χ3n) is 4.52. The number of aromatic nitrogens is 2. The Labute approximate surface area is 126 Å². The van der Waals surface area contributed by atoms with Crippen LogP contribution in [0.2, 0.25) is 5.15 Å². The van der Waals surface area contributed by atoms with Crippen LogP contribution >= 0.6 is 11.6 Å². The highest BCUT2D eigenvalue weighted by Crippen LogP contribution is 2.38. The highest BCUT2D eigenvalue weighted by Gasteiger charge is 2.34. The number of aliphatic hydroxyl groups excluding tert-OH is 1. The Morgan fingerprint density at radius 2 is 2.05 bits per heavy atom. The van der Waals surface area contributed by atoms with E-state index in [4.69, 9.17) is 11.6 Å². The van der Waals surface area contributed by atoms with E-state index in [1.165, 1.54) is 19.2 Å². The maximum Gasteiger partial charge on any atom is 0.137 e. The molecule has 20 heavy (non-hydrogen) atoms. The van der Waals surface area contributed by atoms with Crippen LogP contribution in [0.4, 0.5) is 5.82 Å². The van der Waals surface area contributed by atoms with Crippen molar-refractivity contribution in [2.24, 2.45) is 5.41 Å². The van der Waals surface area contributed by atoms with Crippen molar-refractivity contribution >= 4 is 17.4 Å². The fraction of sp³-hybridized carbons (Fsp3) is 0.733. The summed E-state index contributed by atoms with van der Waals surface area (Å²) < 4.78 is 0. The number of unbranched alkanes of at least 4 members (excludes halogenated alkanes) is 1. The molecule has 5 heteroatoms. The zero-order valence-corrected chi connectivity index (χ0v) is 13.2. The van der Waals surface area contributed by atoms with Gasteiger partial charge < -0.3 is 10.0 Å². The van der Waals surface area contributed by atoms with Crippen molar-refractivity contribution in [1.82, 2.24) is 9.97 Å². The summed E-state index contributed by atoms with van der Waals surface area (Å²) in [6.07, 6.45) is 7.06. The molecule has 0 aromatic carbocycles. The molecule has 1 saturated heterocycles. The molecule has 0 unspecified atom stereocenters. The van der Waals surface area contributed by atoms with Crippen molar-refractivity contribution in [2.75, 3.05) is 24.6 Å². The zero-order chi connectivity index (χ0) is 14.6. The van der Waals surface area contributed by atoms with Crippen LogP contribution in [0, 0.1) is 12.3 Å². The summed E-state index contributed by atoms with van der Waals surface area (Å²) in [7, 11) is 0. The van der Waals surface area contributed by atoms with Crippen molar-refractivity contribution in [2.45, 2.75) is 46.0 Å². The molecule has 1 fully saturated rings. The molecular weight excluding hydrogens is 274 g/mol. The summed E-state index contributed by atoms with van der Waals surface area (Å²) in [5.74, 6) is 0.937. The molecule has 0 aliphatic carbocycles. The molecule has 0 spiro atoms. The summed E-state index contributed by atoms with van der Waals surface area (Å²) in [6, 6.07) is 0. The highest BCUT2D eigenvalue weighted by atomic mass is 35.5. The van der Waals surface area contributed by atoms with Gasteiger partial charge in [0, 0.05) is 25.3 Å². The second-order valence-electron chi connectivity index (χ2n) is 5.86. The molecule has 1 aromatic heterocycles. The molecule has 4 nitrogen and oxygen atoms in total. The maximum absolute atomic E-state index is 9.76. The molecule has 0 saturated carbocycles. The van der Waals surface area contributed by atoms with Gasteiger partial charge in [0.15, 0.2) is 0 Å². The Morgan fingerprint density at radius 3 is 2.65 bits per heavy atom. The molecule has 1 N–H and O–H groups in total. The third kappa shape index (κ3) is 3.23. The quantitative estimate of drug-likeness (QED) is 0.848. The summed E-state index contributed by atoms with van der Waals surface area (Å²) >= 11 is 6.07. The molecule has 0 amide bonds. The SMILES string of the molecule is CCCCC1(CO)CCN(c2ncnc(Cl)c2C)CC1. The van der Waals surface area contributed by atoms with E-state index < -0.39 is 0 Å². The third-order valence-corrected chi connectivity index (χ3v) is 4.90. The minimum Gasteiger partial charge on any atom is -0.396 e. The average molecular weight is 298 g/mol. The lowest BCUT2D eigenvalue weighted by Crippen LogP contribution is -2.42. The van der Waals surface area contributed by atoms with Gasteiger partial charge in [-0.25, -0.2) is 9.97 Å². The van der Waals surface area contributed by atoms with Crippen LogP contribution in [0.3, 0.4) is 0 Å². The number of piperidine rings is 1. The summed E-state index contributed by atoms with van der Waals surface area (Å²) in [5.41, 5.74) is 1.05. The Kier molecular flexibility index (Phi) is 5.22. The average Bonchev–Trinajstić information content (AvgIpc) is 2.49. The van der Waals surface area contributed by atoms with Crippen LogP contribution in [0.5, 0.6) is 0 Å². The molecule has 0 bridgehead atoms. The molecule has 2 heterocycles. The van der Waals surface area contributed by atoms with Crippen LogP contribution in [0.15, 0.2) is 6.33 Å². The lowest BCUT2D eigenvalue weighted by atomic mass is 9.75. The van der Waals surface area contributed by atoms with Crippen molar-refractivity contribution in [3.8, 4) is 0 Å². The number of anilines is 1. The normalized spacial score (nSPS) is 18.3. The molecule has 0 radical (unpaired) electrons. The van der Waals surface area contributed by atoms with Gasteiger partial charge in [-0.05, 0) is 31.6 Å². The molecule has 112 valence electrons. The Bertz CT molecular complexity index is 445.